The van der Waals surface area contributed by atoms with E-state index in [4.69, 9.17) is 10.5 Å². The summed E-state index contributed by atoms with van der Waals surface area (Å²) in [7, 11) is 1.67. The van der Waals surface area contributed by atoms with Gasteiger partial charge in [-0.25, -0.2) is 4.98 Å². The minimum absolute atomic E-state index is 0.143. The molecule has 0 fully saturated rings. The van der Waals surface area contributed by atoms with Crippen molar-refractivity contribution in [3.8, 4) is 0 Å². The summed E-state index contributed by atoms with van der Waals surface area (Å²) >= 11 is 1.65. The molecule has 0 amide bonds. The van der Waals surface area contributed by atoms with Gasteiger partial charge in [-0.2, -0.15) is 0 Å². The summed E-state index contributed by atoms with van der Waals surface area (Å²) < 4.78 is 5.04. The van der Waals surface area contributed by atoms with E-state index in [1.54, 1.807) is 18.4 Å². The van der Waals surface area contributed by atoms with Gasteiger partial charge in [-0.3, -0.25) is 0 Å². The zero-order valence-corrected chi connectivity index (χ0v) is 9.65. The van der Waals surface area contributed by atoms with Gasteiger partial charge in [0.1, 0.15) is 0 Å². The van der Waals surface area contributed by atoms with E-state index in [9.17, 15) is 0 Å². The normalized spacial score (nSPS) is 12.9. The highest BCUT2D eigenvalue weighted by Crippen LogP contribution is 2.21. The number of ether oxygens (including phenoxy) is 1. The van der Waals surface area contributed by atoms with E-state index in [0.717, 1.165) is 10.8 Å². The number of rotatable bonds is 5. The van der Waals surface area contributed by atoms with E-state index in [2.05, 4.69) is 17.2 Å². The molecule has 4 nitrogen and oxygen atoms in total. The predicted molar refractivity (Wildman–Crippen MR) is 59.9 cm³/mol. The van der Waals surface area contributed by atoms with Crippen molar-refractivity contribution < 1.29 is 4.74 Å². The Balaban J connectivity index is 2.57. The first kappa shape index (κ1) is 11.4. The van der Waals surface area contributed by atoms with Crippen LogP contribution in [-0.2, 0) is 4.74 Å². The van der Waals surface area contributed by atoms with Crippen molar-refractivity contribution in [2.24, 2.45) is 5.73 Å². The second-order valence-electron chi connectivity index (χ2n) is 3.19. The molecule has 3 N–H and O–H groups in total. The van der Waals surface area contributed by atoms with Gasteiger partial charge in [0.05, 0.1) is 18.3 Å². The number of hydrogen-bond donors (Lipinski definition) is 2. The van der Waals surface area contributed by atoms with E-state index < -0.39 is 0 Å². The molecular formula is C9H17N3OS. The van der Waals surface area contributed by atoms with Crippen molar-refractivity contribution in [3.63, 3.8) is 0 Å². The van der Waals surface area contributed by atoms with Gasteiger partial charge in [-0.1, -0.05) is 0 Å². The van der Waals surface area contributed by atoms with Crippen LogP contribution in [0.1, 0.15) is 10.6 Å². The SMILES string of the molecule is COCC(CN)Nc1nc(C)c(C)s1. The lowest BCUT2D eigenvalue weighted by molar-refractivity contribution is 0.187. The molecule has 0 bridgehead atoms. The molecule has 5 heteroatoms. The van der Waals surface area contributed by atoms with Crippen LogP contribution >= 0.6 is 11.3 Å². The number of nitrogens with two attached hydrogens (primary N) is 1. The molecule has 0 saturated heterocycles. The lowest BCUT2D eigenvalue weighted by atomic mass is 10.3. The van der Waals surface area contributed by atoms with Crippen LogP contribution in [0.15, 0.2) is 0 Å². The topological polar surface area (TPSA) is 60.2 Å². The zero-order valence-electron chi connectivity index (χ0n) is 8.83. The highest BCUT2D eigenvalue weighted by Gasteiger charge is 2.09. The van der Waals surface area contributed by atoms with Crippen LogP contribution < -0.4 is 11.1 Å². The van der Waals surface area contributed by atoms with E-state index in [0.29, 0.717) is 13.2 Å². The Bertz CT molecular complexity index is 268. The third-order valence-electron chi connectivity index (χ3n) is 2.01. The molecule has 14 heavy (non-hydrogen) atoms. The van der Waals surface area contributed by atoms with Gasteiger partial charge in [0.15, 0.2) is 5.13 Å². The van der Waals surface area contributed by atoms with Crippen LogP contribution in [0.4, 0.5) is 5.13 Å². The first-order chi connectivity index (χ1) is 6.67. The molecule has 0 spiro atoms. The number of nitrogens with zero attached hydrogens (tertiary/aromatic N) is 1. The summed E-state index contributed by atoms with van der Waals surface area (Å²) in [6, 6.07) is 0.143. The summed E-state index contributed by atoms with van der Waals surface area (Å²) in [4.78, 5) is 5.61. The first-order valence-corrected chi connectivity index (χ1v) is 5.38. The van der Waals surface area contributed by atoms with Crippen LogP contribution in [0.2, 0.25) is 0 Å². The highest BCUT2D eigenvalue weighted by molar-refractivity contribution is 7.15. The smallest absolute Gasteiger partial charge is 0.183 e. The van der Waals surface area contributed by atoms with Gasteiger partial charge in [0.2, 0.25) is 0 Å². The molecule has 80 valence electrons. The van der Waals surface area contributed by atoms with Crippen molar-refractivity contribution in [2.75, 3.05) is 25.6 Å². The Morgan fingerprint density at radius 1 is 1.57 bits per heavy atom. The molecule has 0 aliphatic heterocycles. The lowest BCUT2D eigenvalue weighted by Crippen LogP contribution is -2.32. The van der Waals surface area contributed by atoms with Crippen molar-refractivity contribution in [1.29, 1.82) is 0 Å². The molecule has 0 saturated carbocycles. The third kappa shape index (κ3) is 2.94. The molecule has 1 heterocycles. The van der Waals surface area contributed by atoms with Crippen LogP contribution in [0, 0.1) is 13.8 Å². The molecule has 1 rings (SSSR count). The van der Waals surface area contributed by atoms with Crippen molar-refractivity contribution in [3.05, 3.63) is 10.6 Å². The standard InChI is InChI=1S/C9H17N3OS/c1-6-7(2)14-9(11-6)12-8(4-10)5-13-3/h8H,4-5,10H2,1-3H3,(H,11,12). The molecule has 0 aliphatic rings. The maximum Gasteiger partial charge on any atom is 0.183 e. The Labute approximate surface area is 88.5 Å². The van der Waals surface area contributed by atoms with E-state index in [1.165, 1.54) is 4.88 Å². The fraction of sp³-hybridized carbons (Fsp3) is 0.667. The van der Waals surface area contributed by atoms with Crippen LogP contribution in [0.3, 0.4) is 0 Å². The van der Waals surface area contributed by atoms with E-state index >= 15 is 0 Å². The van der Waals surface area contributed by atoms with Crippen LogP contribution in [-0.4, -0.2) is 31.3 Å². The fourth-order valence-corrected chi connectivity index (χ4v) is 1.97. The molecule has 1 aromatic heterocycles. The van der Waals surface area contributed by atoms with Crippen molar-refractivity contribution in [2.45, 2.75) is 19.9 Å². The van der Waals surface area contributed by atoms with Crippen LogP contribution in [0.5, 0.6) is 0 Å². The average Bonchev–Trinajstić information content (AvgIpc) is 2.45. The monoisotopic (exact) mass is 215 g/mol. The molecule has 0 radical (unpaired) electrons. The van der Waals surface area contributed by atoms with Gasteiger partial charge in [-0.15, -0.1) is 11.3 Å². The fourth-order valence-electron chi connectivity index (χ4n) is 1.08. The molecule has 0 aromatic carbocycles. The third-order valence-corrected chi connectivity index (χ3v) is 3.01. The zero-order chi connectivity index (χ0) is 10.6. The van der Waals surface area contributed by atoms with E-state index in [1.807, 2.05) is 6.92 Å². The molecule has 1 atom stereocenters. The molecule has 1 unspecified atom stereocenters. The Kier molecular flexibility index (Phi) is 4.31. The number of hydrogen-bond acceptors (Lipinski definition) is 5. The second kappa shape index (κ2) is 5.29. The number of aryl methyl sites for hydroxylation is 2. The van der Waals surface area contributed by atoms with Crippen molar-refractivity contribution in [1.82, 2.24) is 4.98 Å². The summed E-state index contributed by atoms with van der Waals surface area (Å²) in [6.45, 7) is 5.22. The van der Waals surface area contributed by atoms with E-state index in [-0.39, 0.29) is 6.04 Å². The van der Waals surface area contributed by atoms with Gasteiger partial charge < -0.3 is 15.8 Å². The molecule has 0 aliphatic carbocycles. The van der Waals surface area contributed by atoms with Gasteiger partial charge in [-0.05, 0) is 13.8 Å². The largest absolute Gasteiger partial charge is 0.383 e. The van der Waals surface area contributed by atoms with Gasteiger partial charge in [0.25, 0.3) is 0 Å². The number of methoxy groups -OCH3 is 1. The van der Waals surface area contributed by atoms with Gasteiger partial charge in [0, 0.05) is 18.5 Å². The number of anilines is 1. The highest BCUT2D eigenvalue weighted by atomic mass is 32.1. The Hall–Kier alpha value is -0.650. The molecule has 1 aromatic rings. The van der Waals surface area contributed by atoms with Gasteiger partial charge >= 0.3 is 0 Å². The van der Waals surface area contributed by atoms with Crippen molar-refractivity contribution >= 4 is 16.5 Å². The maximum atomic E-state index is 5.59. The predicted octanol–water partition coefficient (Wildman–Crippen LogP) is 1.15. The Morgan fingerprint density at radius 3 is 2.71 bits per heavy atom. The molecular weight excluding hydrogens is 198 g/mol. The summed E-state index contributed by atoms with van der Waals surface area (Å²) in [5.74, 6) is 0. The maximum absolute atomic E-state index is 5.59. The first-order valence-electron chi connectivity index (χ1n) is 4.57. The summed E-state index contributed by atoms with van der Waals surface area (Å²) in [6.07, 6.45) is 0. The number of aromatic nitrogens is 1. The van der Waals surface area contributed by atoms with Crippen LogP contribution in [0.25, 0.3) is 0 Å². The minimum Gasteiger partial charge on any atom is -0.383 e. The quantitative estimate of drug-likeness (QED) is 0.773. The second-order valence-corrected chi connectivity index (χ2v) is 4.40. The summed E-state index contributed by atoms with van der Waals surface area (Å²) in [5.41, 5.74) is 6.66. The Morgan fingerprint density at radius 2 is 2.29 bits per heavy atom. The lowest BCUT2D eigenvalue weighted by Gasteiger charge is -2.14. The number of nitrogens with one attached hydrogen (secondary N) is 1. The minimum atomic E-state index is 0.143. The summed E-state index contributed by atoms with van der Waals surface area (Å²) in [5, 5.41) is 4.17. The number of thiazole rings is 1. The average molecular weight is 215 g/mol.